The van der Waals surface area contributed by atoms with Gasteiger partial charge in [0.2, 0.25) is 0 Å². The fourth-order valence-corrected chi connectivity index (χ4v) is 1.63. The maximum absolute atomic E-state index is 3.95. The van der Waals surface area contributed by atoms with E-state index in [0.717, 1.165) is 12.3 Å². The smallest absolute Gasteiger partial charge is 0.343 e. The van der Waals surface area contributed by atoms with Crippen LogP contribution in [0.5, 0.6) is 0 Å². The molecule has 0 aromatic carbocycles. The van der Waals surface area contributed by atoms with Gasteiger partial charge in [0, 0.05) is 0 Å². The van der Waals surface area contributed by atoms with Crippen LogP contribution in [0.15, 0.2) is 0 Å². The summed E-state index contributed by atoms with van der Waals surface area (Å²) in [6, 6.07) is 0. The Morgan fingerprint density at radius 2 is 1.47 bits per heavy atom. The predicted octanol–water partition coefficient (Wildman–Crippen LogP) is 5.44. The van der Waals surface area contributed by atoms with Gasteiger partial charge in [-0.05, 0) is 0 Å². The summed E-state index contributed by atoms with van der Waals surface area (Å²) >= 11 is 0. The molecule has 0 amide bonds. The number of hydrogen-bond acceptors (Lipinski definition) is 0. The summed E-state index contributed by atoms with van der Waals surface area (Å²) < 4.78 is 0. The molecule has 0 nitrogen and oxygen atoms in total. The van der Waals surface area contributed by atoms with Crippen molar-refractivity contribution < 1.29 is 21.1 Å². The molecule has 0 fully saturated rings. The van der Waals surface area contributed by atoms with Crippen molar-refractivity contribution in [3.05, 3.63) is 12.8 Å². The van der Waals surface area contributed by atoms with Gasteiger partial charge in [-0.1, -0.05) is 53.4 Å². The molecular weight excluding hydrogens is 352 g/mol. The molecule has 0 aromatic heterocycles. The third-order valence-corrected chi connectivity index (χ3v) is 2.34. The van der Waals surface area contributed by atoms with Crippen LogP contribution in [0.1, 0.15) is 73.1 Å². The number of hydrogen-bond donors (Lipinski definition) is 0. The largest absolute Gasteiger partial charge is 2.00 e. The molecule has 0 aliphatic rings. The maximum atomic E-state index is 3.95. The van der Waals surface area contributed by atoms with E-state index in [0.29, 0.717) is 0 Å². The minimum atomic E-state index is 0. The van der Waals surface area contributed by atoms with Gasteiger partial charge >= 0.3 is 21.1 Å². The Hall–Kier alpha value is 0.688. The van der Waals surface area contributed by atoms with Gasteiger partial charge in [-0.3, -0.25) is 0 Å². The summed E-state index contributed by atoms with van der Waals surface area (Å²) in [5, 5.41) is 0. The van der Waals surface area contributed by atoms with E-state index in [1.807, 2.05) is 13.8 Å². The average molecular weight is 382 g/mol. The zero-order chi connectivity index (χ0) is 11.4. The molecule has 0 spiro atoms. The van der Waals surface area contributed by atoms with Crippen molar-refractivity contribution >= 4 is 0 Å². The third kappa shape index (κ3) is 14.7. The van der Waals surface area contributed by atoms with E-state index in [-0.39, 0.29) is 21.1 Å². The molecule has 1 heteroatoms. The van der Waals surface area contributed by atoms with Crippen LogP contribution in [-0.2, 0) is 21.1 Å². The summed E-state index contributed by atoms with van der Waals surface area (Å²) in [4.78, 5) is 0. The molecule has 1 atom stereocenters. The van der Waals surface area contributed by atoms with Crippen LogP contribution >= 0.6 is 0 Å². The zero-order valence-corrected chi connectivity index (χ0v) is 14.4. The fraction of sp³-hybridized carbons (Fsp3) is 0.857. The van der Waals surface area contributed by atoms with Crippen LogP contribution in [0.3, 0.4) is 0 Å². The standard InChI is InChI=1S/C12H24.C2H6.W/c1-5-8-12(9-6-2)10-11(4)7-3;1-2;/h11H,3,5-10H2,1-2,4H3;1-2H3;/q-2;;+2. The topological polar surface area (TPSA) is 0 Å². The molecule has 92 valence electrons. The van der Waals surface area contributed by atoms with Crippen molar-refractivity contribution in [3.8, 4) is 0 Å². The van der Waals surface area contributed by atoms with Gasteiger partial charge in [-0.2, -0.15) is 25.7 Å². The van der Waals surface area contributed by atoms with Crippen molar-refractivity contribution in [3.63, 3.8) is 0 Å². The van der Waals surface area contributed by atoms with Gasteiger partial charge in [0.25, 0.3) is 0 Å². The summed E-state index contributed by atoms with van der Waals surface area (Å²) in [6.45, 7) is 14.8. The average Bonchev–Trinajstić information content (AvgIpc) is 2.21. The molecule has 1 unspecified atom stereocenters. The van der Waals surface area contributed by atoms with Gasteiger partial charge in [-0.15, -0.1) is 0 Å². The normalized spacial score (nSPS) is 11.4. The SMILES string of the molecule is CC.[CH2-]CC(C)C[C-](CCC)CCC.[W+2]. The van der Waals surface area contributed by atoms with Crippen molar-refractivity contribution in [2.24, 2.45) is 5.92 Å². The first kappa shape index (κ1) is 21.0. The zero-order valence-electron chi connectivity index (χ0n) is 11.4. The maximum Gasteiger partial charge on any atom is 2.00 e. The molecular formula is C14H30W. The molecule has 0 radical (unpaired) electrons. The van der Waals surface area contributed by atoms with Crippen molar-refractivity contribution in [1.82, 2.24) is 0 Å². The van der Waals surface area contributed by atoms with Crippen LogP contribution in [0.25, 0.3) is 0 Å². The van der Waals surface area contributed by atoms with Crippen LogP contribution < -0.4 is 0 Å². The van der Waals surface area contributed by atoms with E-state index >= 15 is 0 Å². The van der Waals surface area contributed by atoms with Crippen molar-refractivity contribution in [1.29, 1.82) is 0 Å². The first-order valence-electron chi connectivity index (χ1n) is 6.37. The van der Waals surface area contributed by atoms with Gasteiger partial charge < -0.3 is 12.8 Å². The van der Waals surface area contributed by atoms with Crippen LogP contribution in [0.4, 0.5) is 0 Å². The van der Waals surface area contributed by atoms with Crippen molar-refractivity contribution in [2.75, 3.05) is 0 Å². The Morgan fingerprint density at radius 3 is 1.73 bits per heavy atom. The number of rotatable bonds is 7. The minimum Gasteiger partial charge on any atom is -0.343 e. The molecule has 15 heavy (non-hydrogen) atoms. The Morgan fingerprint density at radius 1 is 1.07 bits per heavy atom. The van der Waals surface area contributed by atoms with Gasteiger partial charge in [0.15, 0.2) is 0 Å². The Kier molecular flexibility index (Phi) is 24.0. The Balaban J connectivity index is -0.000000449. The predicted molar refractivity (Wildman–Crippen MR) is 68.2 cm³/mol. The summed E-state index contributed by atoms with van der Waals surface area (Å²) in [7, 11) is 0. The van der Waals surface area contributed by atoms with Gasteiger partial charge in [-0.25, -0.2) is 0 Å². The third-order valence-electron chi connectivity index (χ3n) is 2.34. The Labute approximate surface area is 113 Å². The van der Waals surface area contributed by atoms with Crippen LogP contribution in [0, 0.1) is 18.8 Å². The second kappa shape index (κ2) is 17.1. The van der Waals surface area contributed by atoms with E-state index in [1.54, 1.807) is 5.92 Å². The molecule has 0 heterocycles. The molecule has 0 saturated carbocycles. The molecule has 0 aliphatic heterocycles. The first-order valence-corrected chi connectivity index (χ1v) is 6.37. The fourth-order valence-electron chi connectivity index (χ4n) is 1.63. The van der Waals surface area contributed by atoms with Crippen LogP contribution in [0.2, 0.25) is 0 Å². The second-order valence-electron chi connectivity index (χ2n) is 3.85. The molecule has 0 aliphatic carbocycles. The summed E-state index contributed by atoms with van der Waals surface area (Å²) in [5.41, 5.74) is 0. The molecule has 0 aromatic rings. The second-order valence-corrected chi connectivity index (χ2v) is 3.85. The van der Waals surface area contributed by atoms with E-state index in [1.165, 1.54) is 32.1 Å². The van der Waals surface area contributed by atoms with E-state index < -0.39 is 0 Å². The van der Waals surface area contributed by atoms with Gasteiger partial charge in [0.05, 0.1) is 0 Å². The molecule has 0 N–H and O–H groups in total. The monoisotopic (exact) mass is 382 g/mol. The van der Waals surface area contributed by atoms with E-state index in [2.05, 4.69) is 27.7 Å². The van der Waals surface area contributed by atoms with Gasteiger partial charge in [0.1, 0.15) is 0 Å². The molecule has 0 saturated heterocycles. The molecule has 0 rings (SSSR count). The summed E-state index contributed by atoms with van der Waals surface area (Å²) in [6.07, 6.45) is 7.66. The quantitative estimate of drug-likeness (QED) is 0.515. The minimum absolute atomic E-state index is 0. The van der Waals surface area contributed by atoms with E-state index in [4.69, 9.17) is 0 Å². The molecule has 0 bridgehead atoms. The summed E-state index contributed by atoms with van der Waals surface area (Å²) in [5.74, 6) is 2.55. The Bertz CT molecular complexity index is 85.3. The first-order chi connectivity index (χ1) is 6.74. The van der Waals surface area contributed by atoms with E-state index in [9.17, 15) is 0 Å². The van der Waals surface area contributed by atoms with Crippen molar-refractivity contribution in [2.45, 2.75) is 73.1 Å². The van der Waals surface area contributed by atoms with Crippen LogP contribution in [-0.4, -0.2) is 0 Å².